The molecule has 1 amide bonds. The first-order valence-electron chi connectivity index (χ1n) is 12.4. The van der Waals surface area contributed by atoms with Crippen LogP contribution < -0.4 is 5.32 Å². The summed E-state index contributed by atoms with van der Waals surface area (Å²) in [5, 5.41) is 3.17. The first kappa shape index (κ1) is 23.7. The maximum atomic E-state index is 13.3. The van der Waals surface area contributed by atoms with Crippen LogP contribution >= 0.6 is 0 Å². The fraction of sp³-hybridized carbons (Fsp3) is 0.357. The van der Waals surface area contributed by atoms with E-state index in [0.29, 0.717) is 30.8 Å². The Bertz CT molecular complexity index is 1230. The summed E-state index contributed by atoms with van der Waals surface area (Å²) >= 11 is 0. The number of nitrogens with zero attached hydrogens (tertiary/aromatic N) is 2. The normalized spacial score (nSPS) is 17.9. The number of hydrogen-bond acceptors (Lipinski definition) is 4. The molecule has 1 unspecified atom stereocenters. The third-order valence-electron chi connectivity index (χ3n) is 7.19. The van der Waals surface area contributed by atoms with Gasteiger partial charge in [0, 0.05) is 25.2 Å². The molecule has 182 valence electrons. The first-order valence-corrected chi connectivity index (χ1v) is 13.8. The molecule has 35 heavy (non-hydrogen) atoms. The number of benzene rings is 2. The van der Waals surface area contributed by atoms with Crippen LogP contribution in [0.15, 0.2) is 77.8 Å². The van der Waals surface area contributed by atoms with Gasteiger partial charge in [-0.15, -0.1) is 0 Å². The van der Waals surface area contributed by atoms with Crippen LogP contribution in [-0.2, 0) is 27.7 Å². The number of fused-ring (bicyclic) bond motifs is 1. The molecule has 6 nitrogen and oxygen atoms in total. The number of amides is 1. The lowest BCUT2D eigenvalue weighted by atomic mass is 9.92. The second-order valence-electron chi connectivity index (χ2n) is 9.42. The summed E-state index contributed by atoms with van der Waals surface area (Å²) in [6.45, 7) is 0.689. The van der Waals surface area contributed by atoms with Crippen molar-refractivity contribution in [1.29, 1.82) is 0 Å². The number of rotatable bonds is 6. The second kappa shape index (κ2) is 10.3. The topological polar surface area (TPSA) is 79.4 Å². The zero-order valence-corrected chi connectivity index (χ0v) is 20.6. The molecule has 0 spiro atoms. The molecule has 1 fully saturated rings. The number of aryl methyl sites for hydroxylation is 2. The number of aromatic nitrogens is 1. The summed E-state index contributed by atoms with van der Waals surface area (Å²) < 4.78 is 28.2. The number of piperidine rings is 1. The Morgan fingerprint density at radius 3 is 2.34 bits per heavy atom. The molecule has 0 radical (unpaired) electrons. The molecule has 0 bridgehead atoms. The van der Waals surface area contributed by atoms with E-state index in [1.54, 1.807) is 12.3 Å². The quantitative estimate of drug-likeness (QED) is 0.561. The zero-order chi connectivity index (χ0) is 24.3. The fourth-order valence-electron chi connectivity index (χ4n) is 5.16. The fourth-order valence-corrected chi connectivity index (χ4v) is 6.68. The SMILES string of the molecule is O=C(NC(c1ccccc1)c1ccccn1)C1CCN(S(=O)(=O)c2ccc3c(c2)CCCC3)CC1. The average molecular weight is 490 g/mol. The van der Waals surface area contributed by atoms with Crippen molar-refractivity contribution in [2.45, 2.75) is 49.5 Å². The molecular formula is C28H31N3O3S. The van der Waals surface area contributed by atoms with Crippen molar-refractivity contribution < 1.29 is 13.2 Å². The molecule has 0 saturated carbocycles. The Balaban J connectivity index is 1.26. The van der Waals surface area contributed by atoms with Crippen LogP contribution in [0.25, 0.3) is 0 Å². The second-order valence-corrected chi connectivity index (χ2v) is 11.4. The summed E-state index contributed by atoms with van der Waals surface area (Å²) in [5.74, 6) is -0.296. The number of hydrogen-bond donors (Lipinski definition) is 1. The molecule has 2 aromatic carbocycles. The molecule has 1 saturated heterocycles. The van der Waals surface area contributed by atoms with Crippen LogP contribution in [-0.4, -0.2) is 36.7 Å². The predicted molar refractivity (Wildman–Crippen MR) is 135 cm³/mol. The van der Waals surface area contributed by atoms with Crippen molar-refractivity contribution >= 4 is 15.9 Å². The minimum absolute atomic E-state index is 0.0599. The number of carbonyl (C=O) groups is 1. The molecule has 1 aliphatic heterocycles. The van der Waals surface area contributed by atoms with Gasteiger partial charge in [-0.2, -0.15) is 4.31 Å². The Morgan fingerprint density at radius 2 is 1.63 bits per heavy atom. The molecule has 5 rings (SSSR count). The molecule has 3 aromatic rings. The van der Waals surface area contributed by atoms with E-state index in [2.05, 4.69) is 10.3 Å². The van der Waals surface area contributed by atoms with Crippen molar-refractivity contribution in [3.63, 3.8) is 0 Å². The monoisotopic (exact) mass is 489 g/mol. The van der Waals surface area contributed by atoms with Gasteiger partial charge in [0.15, 0.2) is 0 Å². The lowest BCUT2D eigenvalue weighted by molar-refractivity contribution is -0.126. The maximum Gasteiger partial charge on any atom is 0.243 e. The maximum absolute atomic E-state index is 13.3. The van der Waals surface area contributed by atoms with Crippen LogP contribution in [0.2, 0.25) is 0 Å². The molecule has 2 heterocycles. The number of carbonyl (C=O) groups excluding carboxylic acids is 1. The van der Waals surface area contributed by atoms with Crippen LogP contribution in [0.1, 0.15) is 54.1 Å². The minimum Gasteiger partial charge on any atom is -0.343 e. The van der Waals surface area contributed by atoms with E-state index in [4.69, 9.17) is 0 Å². The van der Waals surface area contributed by atoms with E-state index in [1.807, 2.05) is 60.7 Å². The molecule has 1 N–H and O–H groups in total. The molecule has 1 aliphatic carbocycles. The van der Waals surface area contributed by atoms with Crippen LogP contribution in [0.4, 0.5) is 0 Å². The van der Waals surface area contributed by atoms with Gasteiger partial charge in [-0.3, -0.25) is 9.78 Å². The van der Waals surface area contributed by atoms with Crippen molar-refractivity contribution in [2.24, 2.45) is 5.92 Å². The van der Waals surface area contributed by atoms with Crippen LogP contribution in [0, 0.1) is 5.92 Å². The third kappa shape index (κ3) is 5.16. The van der Waals surface area contributed by atoms with Gasteiger partial charge < -0.3 is 5.32 Å². The third-order valence-corrected chi connectivity index (χ3v) is 9.08. The Morgan fingerprint density at radius 1 is 0.914 bits per heavy atom. The first-order chi connectivity index (χ1) is 17.0. The van der Waals surface area contributed by atoms with Crippen molar-refractivity contribution in [2.75, 3.05) is 13.1 Å². The number of sulfonamides is 1. The van der Waals surface area contributed by atoms with Gasteiger partial charge in [0.1, 0.15) is 0 Å². The number of pyridine rings is 1. The average Bonchev–Trinajstić information content (AvgIpc) is 2.92. The summed E-state index contributed by atoms with van der Waals surface area (Å²) in [5.41, 5.74) is 4.17. The summed E-state index contributed by atoms with van der Waals surface area (Å²) in [6.07, 6.45) is 6.97. The Hall–Kier alpha value is -3.03. The van der Waals surface area contributed by atoms with Gasteiger partial charge >= 0.3 is 0 Å². The van der Waals surface area contributed by atoms with Crippen LogP contribution in [0.3, 0.4) is 0 Å². The molecule has 7 heteroatoms. The molecule has 1 aromatic heterocycles. The van der Waals surface area contributed by atoms with Gasteiger partial charge in [0.2, 0.25) is 15.9 Å². The highest BCUT2D eigenvalue weighted by Gasteiger charge is 2.33. The van der Waals surface area contributed by atoms with Crippen molar-refractivity contribution in [1.82, 2.24) is 14.6 Å². The van der Waals surface area contributed by atoms with Crippen LogP contribution in [0.5, 0.6) is 0 Å². The van der Waals surface area contributed by atoms with E-state index in [9.17, 15) is 13.2 Å². The summed E-state index contributed by atoms with van der Waals surface area (Å²) in [4.78, 5) is 18.1. The van der Waals surface area contributed by atoms with E-state index in [0.717, 1.165) is 36.1 Å². The Kier molecular flexibility index (Phi) is 6.97. The minimum atomic E-state index is -3.56. The van der Waals surface area contributed by atoms with E-state index in [1.165, 1.54) is 16.3 Å². The smallest absolute Gasteiger partial charge is 0.243 e. The predicted octanol–water partition coefficient (Wildman–Crippen LogP) is 4.27. The molecular weight excluding hydrogens is 458 g/mol. The Labute approximate surface area is 207 Å². The highest BCUT2D eigenvalue weighted by atomic mass is 32.2. The van der Waals surface area contributed by atoms with Gasteiger partial charge in [-0.05, 0) is 79.5 Å². The van der Waals surface area contributed by atoms with Crippen molar-refractivity contribution in [3.05, 3.63) is 95.3 Å². The van der Waals surface area contributed by atoms with Gasteiger partial charge in [-0.1, -0.05) is 42.5 Å². The van der Waals surface area contributed by atoms with Gasteiger partial charge in [0.25, 0.3) is 0 Å². The lowest BCUT2D eigenvalue weighted by Gasteiger charge is -2.32. The highest BCUT2D eigenvalue weighted by Crippen LogP contribution is 2.29. The van der Waals surface area contributed by atoms with E-state index in [-0.39, 0.29) is 17.9 Å². The largest absolute Gasteiger partial charge is 0.343 e. The zero-order valence-electron chi connectivity index (χ0n) is 19.8. The standard InChI is InChI=1S/C28H31N3O3S/c32-28(30-27(22-9-2-1-3-10-22)26-12-6-7-17-29-26)23-15-18-31(19-16-23)35(33,34)25-14-13-21-8-4-5-11-24(21)20-25/h1-3,6-7,9-10,12-14,17,20,23,27H,4-5,8,11,15-16,18-19H2,(H,30,32). The van der Waals surface area contributed by atoms with Crippen molar-refractivity contribution in [3.8, 4) is 0 Å². The number of nitrogens with one attached hydrogen (secondary N) is 1. The molecule has 1 atom stereocenters. The summed E-state index contributed by atoms with van der Waals surface area (Å²) in [7, 11) is -3.56. The van der Waals surface area contributed by atoms with E-state index < -0.39 is 10.0 Å². The highest BCUT2D eigenvalue weighted by molar-refractivity contribution is 7.89. The van der Waals surface area contributed by atoms with Gasteiger partial charge in [0.05, 0.1) is 16.6 Å². The van der Waals surface area contributed by atoms with E-state index >= 15 is 0 Å². The lowest BCUT2D eigenvalue weighted by Crippen LogP contribution is -2.43. The summed E-state index contributed by atoms with van der Waals surface area (Å²) in [6, 6.07) is 20.7. The molecule has 2 aliphatic rings. The van der Waals surface area contributed by atoms with Gasteiger partial charge in [-0.25, -0.2) is 8.42 Å².